The molecule has 2 aromatic carbocycles. The van der Waals surface area contributed by atoms with Crippen LogP contribution in [0.3, 0.4) is 0 Å². The minimum atomic E-state index is -0.824. The number of carbonyl (C=O) groups is 2. The molecule has 0 saturated heterocycles. The number of hydrazone groups is 1. The fraction of sp³-hybridized carbons (Fsp3) is 0.208. The van der Waals surface area contributed by atoms with E-state index in [0.29, 0.717) is 30.9 Å². The Labute approximate surface area is 249 Å². The Morgan fingerprint density at radius 1 is 1.24 bits per heavy atom. The van der Waals surface area contributed by atoms with Gasteiger partial charge in [0.2, 0.25) is 11.6 Å². The highest BCUT2D eigenvalue weighted by atomic mass is 35.5. The van der Waals surface area contributed by atoms with Gasteiger partial charge in [0.05, 0.1) is 16.7 Å². The minimum absolute atomic E-state index is 0. The number of hydrogen-bond donors (Lipinski definition) is 2. The number of nitrogens with zero attached hydrogens (tertiary/aromatic N) is 8. The molecular weight excluding hydrogens is 595 g/mol. The Bertz CT molecular complexity index is 1620. The predicted octanol–water partition coefficient (Wildman–Crippen LogP) is 3.04. The molecule has 0 aliphatic heterocycles. The summed E-state index contributed by atoms with van der Waals surface area (Å²) in [7, 11) is 0. The SMILES string of the molecule is CCN(CC)Cc1nnn(-c2nonc2N)c1C(=O)N/N=C/c1cccc(OC(=O)c2ccc(Cl)c([N+](=O)[O-])c2)c1.Cl. The molecule has 0 bridgehead atoms. The summed E-state index contributed by atoms with van der Waals surface area (Å²) in [5.74, 6) is -1.42. The van der Waals surface area contributed by atoms with Crippen molar-refractivity contribution in [1.82, 2.24) is 35.6 Å². The first-order chi connectivity index (χ1) is 19.7. The summed E-state index contributed by atoms with van der Waals surface area (Å²) < 4.78 is 11.1. The van der Waals surface area contributed by atoms with Crippen molar-refractivity contribution in [2.75, 3.05) is 18.8 Å². The van der Waals surface area contributed by atoms with Gasteiger partial charge in [-0.2, -0.15) is 9.78 Å². The van der Waals surface area contributed by atoms with Crippen molar-refractivity contribution in [2.24, 2.45) is 5.10 Å². The van der Waals surface area contributed by atoms with Gasteiger partial charge in [0.25, 0.3) is 11.6 Å². The smallest absolute Gasteiger partial charge is 0.343 e. The molecule has 2 heterocycles. The second-order valence-electron chi connectivity index (χ2n) is 8.32. The molecule has 220 valence electrons. The van der Waals surface area contributed by atoms with Crippen LogP contribution in [-0.4, -0.2) is 66.3 Å². The lowest BCUT2D eigenvalue weighted by Crippen LogP contribution is -2.27. The Hall–Kier alpha value is -4.93. The minimum Gasteiger partial charge on any atom is -0.423 e. The normalized spacial score (nSPS) is 11.0. The highest BCUT2D eigenvalue weighted by Crippen LogP contribution is 2.26. The van der Waals surface area contributed by atoms with Crippen LogP contribution in [-0.2, 0) is 6.54 Å². The van der Waals surface area contributed by atoms with Crippen LogP contribution in [0, 0.1) is 10.1 Å². The van der Waals surface area contributed by atoms with Gasteiger partial charge >= 0.3 is 5.97 Å². The van der Waals surface area contributed by atoms with Crippen molar-refractivity contribution in [2.45, 2.75) is 20.4 Å². The lowest BCUT2D eigenvalue weighted by molar-refractivity contribution is -0.384. The molecule has 0 saturated carbocycles. The van der Waals surface area contributed by atoms with E-state index < -0.39 is 22.5 Å². The largest absolute Gasteiger partial charge is 0.423 e. The standard InChI is InChI=1S/C24H23ClN10O6.ClH/c1-3-33(4-2)13-18-20(34(32-28-18)22-21(26)30-41-31-22)23(36)29-27-12-14-6-5-7-16(10-14)40-24(37)15-8-9-17(25)19(11-15)35(38)39;/h5-12H,3-4,13H2,1-2H3,(H2,26,30)(H,29,36);1H/b27-12+;. The number of esters is 1. The van der Waals surface area contributed by atoms with Crippen molar-refractivity contribution in [1.29, 1.82) is 0 Å². The third-order valence-electron chi connectivity index (χ3n) is 5.75. The molecule has 18 heteroatoms. The summed E-state index contributed by atoms with van der Waals surface area (Å²) in [6.45, 7) is 5.71. The van der Waals surface area contributed by atoms with E-state index in [2.05, 4.69) is 35.8 Å². The Morgan fingerprint density at radius 3 is 2.67 bits per heavy atom. The van der Waals surface area contributed by atoms with Gasteiger partial charge in [-0.1, -0.05) is 42.8 Å². The van der Waals surface area contributed by atoms with Crippen LogP contribution in [0.4, 0.5) is 11.5 Å². The fourth-order valence-corrected chi connectivity index (χ4v) is 3.80. The van der Waals surface area contributed by atoms with E-state index in [0.717, 1.165) is 10.7 Å². The van der Waals surface area contributed by atoms with Crippen LogP contribution in [0.5, 0.6) is 5.75 Å². The number of ether oxygens (including phenoxy) is 1. The van der Waals surface area contributed by atoms with Crippen LogP contribution in [0.1, 0.15) is 46.0 Å². The summed E-state index contributed by atoms with van der Waals surface area (Å²) in [5, 5.41) is 30.3. The van der Waals surface area contributed by atoms with Crippen LogP contribution in [0.25, 0.3) is 5.82 Å². The van der Waals surface area contributed by atoms with Crippen molar-refractivity contribution in [3.63, 3.8) is 0 Å². The number of aromatic nitrogens is 5. The molecule has 3 N–H and O–H groups in total. The average Bonchev–Trinajstić information content (AvgIpc) is 3.57. The van der Waals surface area contributed by atoms with Crippen LogP contribution >= 0.6 is 24.0 Å². The number of nitrogen functional groups attached to an aromatic ring is 1. The molecule has 16 nitrogen and oxygen atoms in total. The van der Waals surface area contributed by atoms with E-state index in [1.165, 1.54) is 30.5 Å². The molecule has 4 rings (SSSR count). The van der Waals surface area contributed by atoms with Crippen LogP contribution in [0.15, 0.2) is 52.2 Å². The lowest BCUT2D eigenvalue weighted by Gasteiger charge is -2.16. The Morgan fingerprint density at radius 2 is 2.00 bits per heavy atom. The molecule has 42 heavy (non-hydrogen) atoms. The molecule has 0 aliphatic carbocycles. The summed E-state index contributed by atoms with van der Waals surface area (Å²) in [4.78, 5) is 38.2. The number of nitro benzene ring substituents is 1. The highest BCUT2D eigenvalue weighted by Gasteiger charge is 2.26. The maximum Gasteiger partial charge on any atom is 0.343 e. The first-order valence-corrected chi connectivity index (χ1v) is 12.4. The van der Waals surface area contributed by atoms with E-state index in [1.807, 2.05) is 18.7 Å². The summed E-state index contributed by atoms with van der Waals surface area (Å²) in [5.41, 5.74) is 8.61. The zero-order chi connectivity index (χ0) is 29.5. The number of nitrogens with one attached hydrogen (secondary N) is 1. The van der Waals surface area contributed by atoms with E-state index in [1.54, 1.807) is 12.1 Å². The molecule has 0 atom stereocenters. The Balaban J connectivity index is 0.00000484. The zero-order valence-corrected chi connectivity index (χ0v) is 23.7. The molecule has 0 radical (unpaired) electrons. The van der Waals surface area contributed by atoms with Crippen LogP contribution < -0.4 is 15.9 Å². The van der Waals surface area contributed by atoms with Gasteiger partial charge in [0, 0.05) is 12.6 Å². The lowest BCUT2D eigenvalue weighted by atomic mass is 10.2. The molecule has 0 unspecified atom stereocenters. The van der Waals surface area contributed by atoms with Crippen LogP contribution in [0.2, 0.25) is 5.02 Å². The number of hydrogen-bond acceptors (Lipinski definition) is 13. The molecule has 0 fully saturated rings. The van der Waals surface area contributed by atoms with E-state index in [9.17, 15) is 19.7 Å². The van der Waals surface area contributed by atoms with Gasteiger partial charge in [-0.15, -0.1) is 17.5 Å². The van der Waals surface area contributed by atoms with Gasteiger partial charge in [-0.25, -0.2) is 14.8 Å². The maximum atomic E-state index is 13.2. The molecule has 0 aliphatic rings. The van der Waals surface area contributed by atoms with Gasteiger partial charge in [-0.3, -0.25) is 19.8 Å². The van der Waals surface area contributed by atoms with E-state index >= 15 is 0 Å². The predicted molar refractivity (Wildman–Crippen MR) is 152 cm³/mol. The summed E-state index contributed by atoms with van der Waals surface area (Å²) in [6, 6.07) is 9.83. The van der Waals surface area contributed by atoms with Gasteiger partial charge in [-0.05, 0) is 53.2 Å². The molecular formula is C24H24Cl2N10O6. The zero-order valence-electron chi connectivity index (χ0n) is 22.1. The van der Waals surface area contributed by atoms with Gasteiger partial charge < -0.3 is 10.5 Å². The fourth-order valence-electron chi connectivity index (χ4n) is 3.61. The molecule has 0 spiro atoms. The first-order valence-electron chi connectivity index (χ1n) is 12.1. The van der Waals surface area contributed by atoms with Crippen molar-refractivity contribution in [3.05, 3.63) is 80.1 Å². The Kier molecular flexibility index (Phi) is 10.6. The number of benzene rings is 2. The van der Waals surface area contributed by atoms with E-state index in [-0.39, 0.29) is 46.1 Å². The first kappa shape index (κ1) is 31.6. The van der Waals surface area contributed by atoms with Gasteiger partial charge in [0.1, 0.15) is 16.5 Å². The summed E-state index contributed by atoms with van der Waals surface area (Å²) >= 11 is 5.80. The number of halogens is 2. The van der Waals surface area contributed by atoms with E-state index in [4.69, 9.17) is 22.1 Å². The maximum absolute atomic E-state index is 13.2. The number of amides is 1. The second-order valence-corrected chi connectivity index (χ2v) is 8.72. The number of nitrogens with two attached hydrogens (primary N) is 1. The monoisotopic (exact) mass is 618 g/mol. The molecule has 4 aromatic rings. The third-order valence-corrected chi connectivity index (χ3v) is 6.07. The number of rotatable bonds is 11. The van der Waals surface area contributed by atoms with Crippen molar-refractivity contribution >= 4 is 53.6 Å². The topological polar surface area (TPSA) is 210 Å². The molecule has 1 amide bonds. The second kappa shape index (κ2) is 14.1. The number of nitro groups is 1. The average molecular weight is 619 g/mol. The number of anilines is 1. The molecule has 2 aromatic heterocycles. The van der Waals surface area contributed by atoms with Crippen molar-refractivity contribution in [3.8, 4) is 11.6 Å². The van der Waals surface area contributed by atoms with Crippen molar-refractivity contribution < 1.29 is 23.9 Å². The highest BCUT2D eigenvalue weighted by molar-refractivity contribution is 6.32. The number of carbonyl (C=O) groups excluding carboxylic acids is 2. The van der Waals surface area contributed by atoms with Gasteiger partial charge in [0.15, 0.2) is 5.69 Å². The quantitative estimate of drug-likeness (QED) is 0.0816. The third kappa shape index (κ3) is 7.22. The summed E-state index contributed by atoms with van der Waals surface area (Å²) in [6.07, 6.45) is 1.33.